The molecule has 1 aromatic carbocycles. The number of alkyl halides is 1. The molecule has 3 heteroatoms. The Morgan fingerprint density at radius 2 is 1.94 bits per heavy atom. The molecule has 0 aromatic heterocycles. The Hall–Kier alpha value is -0.380. The molecule has 2 nitrogen and oxygen atoms in total. The lowest BCUT2D eigenvalue weighted by Gasteiger charge is -2.22. The summed E-state index contributed by atoms with van der Waals surface area (Å²) in [7, 11) is 0. The molecule has 1 unspecified atom stereocenters. The molecule has 1 fully saturated rings. The van der Waals surface area contributed by atoms with Gasteiger partial charge in [-0.15, -0.1) is 0 Å². The molecule has 1 aliphatic rings. The minimum Gasteiger partial charge on any atom is -0.353 e. The number of hydrogen-bond acceptors (Lipinski definition) is 2. The van der Waals surface area contributed by atoms with E-state index in [9.17, 15) is 0 Å². The van der Waals surface area contributed by atoms with E-state index in [1.54, 1.807) is 0 Å². The van der Waals surface area contributed by atoms with Crippen LogP contribution in [-0.2, 0) is 21.4 Å². The van der Waals surface area contributed by atoms with E-state index >= 15 is 0 Å². The highest BCUT2D eigenvalue weighted by Gasteiger charge is 2.13. The molecule has 0 amide bonds. The second-order valence-electron chi connectivity index (χ2n) is 4.06. The molecule has 1 atom stereocenters. The molecule has 0 radical (unpaired) electrons. The molecular weight excluding hydrogens is 268 g/mol. The third kappa shape index (κ3) is 3.58. The molecule has 0 N–H and O–H groups in total. The highest BCUT2D eigenvalue weighted by molar-refractivity contribution is 9.08. The van der Waals surface area contributed by atoms with Gasteiger partial charge in [-0.3, -0.25) is 0 Å². The summed E-state index contributed by atoms with van der Waals surface area (Å²) in [6.45, 7) is 1.49. The van der Waals surface area contributed by atoms with E-state index in [-0.39, 0.29) is 6.29 Å². The Morgan fingerprint density at radius 3 is 2.56 bits per heavy atom. The SMILES string of the molecule is BrCc1ccc(COC2CCCCO2)cc1. The zero-order valence-corrected chi connectivity index (χ0v) is 10.9. The molecule has 0 aliphatic carbocycles. The maximum atomic E-state index is 5.71. The van der Waals surface area contributed by atoms with Gasteiger partial charge in [0.25, 0.3) is 0 Å². The van der Waals surface area contributed by atoms with Crippen LogP contribution < -0.4 is 0 Å². The summed E-state index contributed by atoms with van der Waals surface area (Å²) < 4.78 is 11.2. The fraction of sp³-hybridized carbons (Fsp3) is 0.538. The molecule has 88 valence electrons. The van der Waals surface area contributed by atoms with E-state index in [0.29, 0.717) is 6.61 Å². The number of hydrogen-bond donors (Lipinski definition) is 0. The second-order valence-corrected chi connectivity index (χ2v) is 4.62. The Labute approximate surface area is 105 Å². The van der Waals surface area contributed by atoms with Crippen LogP contribution in [0, 0.1) is 0 Å². The first-order valence-corrected chi connectivity index (χ1v) is 6.87. The first kappa shape index (κ1) is 12.1. The molecule has 1 heterocycles. The van der Waals surface area contributed by atoms with E-state index in [2.05, 4.69) is 40.2 Å². The smallest absolute Gasteiger partial charge is 0.158 e. The first-order valence-electron chi connectivity index (χ1n) is 5.75. The maximum Gasteiger partial charge on any atom is 0.158 e. The Kier molecular flexibility index (Phi) is 4.82. The van der Waals surface area contributed by atoms with Gasteiger partial charge in [0.2, 0.25) is 0 Å². The van der Waals surface area contributed by atoms with Crippen LogP contribution in [-0.4, -0.2) is 12.9 Å². The van der Waals surface area contributed by atoms with Gasteiger partial charge in [-0.05, 0) is 30.4 Å². The number of ether oxygens (including phenoxy) is 2. The van der Waals surface area contributed by atoms with Gasteiger partial charge >= 0.3 is 0 Å². The number of rotatable bonds is 4. The molecule has 1 aliphatic heterocycles. The molecule has 16 heavy (non-hydrogen) atoms. The van der Waals surface area contributed by atoms with Crippen LogP contribution in [0.4, 0.5) is 0 Å². The molecular formula is C13H17BrO2. The predicted octanol–water partition coefficient (Wildman–Crippen LogP) is 3.62. The van der Waals surface area contributed by atoms with Gasteiger partial charge < -0.3 is 9.47 Å². The summed E-state index contributed by atoms with van der Waals surface area (Å²) in [6.07, 6.45) is 3.41. The van der Waals surface area contributed by atoms with E-state index in [1.165, 1.54) is 24.0 Å². The lowest BCUT2D eigenvalue weighted by Crippen LogP contribution is -2.21. The van der Waals surface area contributed by atoms with Crippen LogP contribution in [0.25, 0.3) is 0 Å². The van der Waals surface area contributed by atoms with Crippen molar-refractivity contribution in [2.24, 2.45) is 0 Å². The topological polar surface area (TPSA) is 18.5 Å². The summed E-state index contributed by atoms with van der Waals surface area (Å²) >= 11 is 3.43. The van der Waals surface area contributed by atoms with Crippen molar-refractivity contribution in [1.82, 2.24) is 0 Å². The first-order chi connectivity index (χ1) is 7.88. The van der Waals surface area contributed by atoms with E-state index in [0.717, 1.165) is 18.4 Å². The quantitative estimate of drug-likeness (QED) is 0.787. The van der Waals surface area contributed by atoms with Gasteiger partial charge in [-0.2, -0.15) is 0 Å². The summed E-state index contributed by atoms with van der Waals surface area (Å²) in [5.74, 6) is 0. The van der Waals surface area contributed by atoms with Crippen LogP contribution in [0.2, 0.25) is 0 Å². The highest BCUT2D eigenvalue weighted by atomic mass is 79.9. The fourth-order valence-electron chi connectivity index (χ4n) is 1.76. The van der Waals surface area contributed by atoms with Gasteiger partial charge in [-0.1, -0.05) is 40.2 Å². The fourth-order valence-corrected chi connectivity index (χ4v) is 2.13. The number of halogens is 1. The van der Waals surface area contributed by atoms with Crippen LogP contribution in [0.1, 0.15) is 30.4 Å². The molecule has 1 saturated heterocycles. The third-order valence-corrected chi connectivity index (χ3v) is 3.40. The van der Waals surface area contributed by atoms with Crippen LogP contribution in [0.15, 0.2) is 24.3 Å². The zero-order chi connectivity index (χ0) is 11.2. The summed E-state index contributed by atoms with van der Waals surface area (Å²) in [5, 5.41) is 0.903. The minimum atomic E-state index is 0.00426. The van der Waals surface area contributed by atoms with Crippen molar-refractivity contribution in [3.63, 3.8) is 0 Å². The summed E-state index contributed by atoms with van der Waals surface area (Å²) in [4.78, 5) is 0. The molecule has 2 rings (SSSR count). The van der Waals surface area contributed by atoms with Crippen molar-refractivity contribution in [2.45, 2.75) is 37.5 Å². The second kappa shape index (κ2) is 6.38. The van der Waals surface area contributed by atoms with E-state index < -0.39 is 0 Å². The van der Waals surface area contributed by atoms with E-state index in [4.69, 9.17) is 9.47 Å². The zero-order valence-electron chi connectivity index (χ0n) is 9.32. The van der Waals surface area contributed by atoms with Gasteiger partial charge in [0.05, 0.1) is 6.61 Å². The Balaban J connectivity index is 1.79. The third-order valence-electron chi connectivity index (χ3n) is 2.75. The maximum absolute atomic E-state index is 5.71. The summed E-state index contributed by atoms with van der Waals surface area (Å²) in [5.41, 5.74) is 2.50. The van der Waals surface area contributed by atoms with Gasteiger partial charge in [0.1, 0.15) is 0 Å². The standard InChI is InChI=1S/C13H17BrO2/c14-9-11-4-6-12(7-5-11)10-16-13-3-1-2-8-15-13/h4-7,13H,1-3,8-10H2. The average molecular weight is 285 g/mol. The lowest BCUT2D eigenvalue weighted by atomic mass is 10.1. The summed E-state index contributed by atoms with van der Waals surface area (Å²) in [6, 6.07) is 8.46. The average Bonchev–Trinajstić information content (AvgIpc) is 2.38. The van der Waals surface area contributed by atoms with Crippen molar-refractivity contribution in [3.8, 4) is 0 Å². The Bertz CT molecular complexity index is 304. The normalized spacial score (nSPS) is 20.9. The highest BCUT2D eigenvalue weighted by Crippen LogP contribution is 2.16. The number of benzene rings is 1. The van der Waals surface area contributed by atoms with Crippen LogP contribution >= 0.6 is 15.9 Å². The van der Waals surface area contributed by atoms with Crippen molar-refractivity contribution < 1.29 is 9.47 Å². The van der Waals surface area contributed by atoms with Crippen molar-refractivity contribution in [2.75, 3.05) is 6.61 Å². The van der Waals surface area contributed by atoms with Crippen LogP contribution in [0.3, 0.4) is 0 Å². The van der Waals surface area contributed by atoms with E-state index in [1.807, 2.05) is 0 Å². The molecule has 0 spiro atoms. The van der Waals surface area contributed by atoms with Crippen molar-refractivity contribution >= 4 is 15.9 Å². The molecule has 0 bridgehead atoms. The molecule has 1 aromatic rings. The monoisotopic (exact) mass is 284 g/mol. The van der Waals surface area contributed by atoms with Crippen LogP contribution in [0.5, 0.6) is 0 Å². The predicted molar refractivity (Wildman–Crippen MR) is 67.5 cm³/mol. The lowest BCUT2D eigenvalue weighted by molar-refractivity contribution is -0.168. The van der Waals surface area contributed by atoms with Gasteiger partial charge in [-0.25, -0.2) is 0 Å². The largest absolute Gasteiger partial charge is 0.353 e. The van der Waals surface area contributed by atoms with Crippen molar-refractivity contribution in [3.05, 3.63) is 35.4 Å². The molecule has 0 saturated carbocycles. The minimum absolute atomic E-state index is 0.00426. The van der Waals surface area contributed by atoms with Crippen molar-refractivity contribution in [1.29, 1.82) is 0 Å². The van der Waals surface area contributed by atoms with Gasteiger partial charge in [0, 0.05) is 11.9 Å². The van der Waals surface area contributed by atoms with Gasteiger partial charge in [0.15, 0.2) is 6.29 Å². The Morgan fingerprint density at radius 1 is 1.19 bits per heavy atom.